The topological polar surface area (TPSA) is 84.5 Å². The molecule has 1 aliphatic rings. The standard InChI is InChI=1S/C12H20N4O2/c1-3-10-11(13)14-7-15-12(10)16-4-9(5-17)18-6-8(16)2/h7-9,17H,3-6H2,1-2H3,(H2,13,14,15). The van der Waals surface area contributed by atoms with Crippen molar-refractivity contribution in [2.75, 3.05) is 30.4 Å². The molecule has 1 aliphatic heterocycles. The number of aromatic nitrogens is 2. The van der Waals surface area contributed by atoms with E-state index >= 15 is 0 Å². The fourth-order valence-corrected chi connectivity index (χ4v) is 2.23. The van der Waals surface area contributed by atoms with E-state index in [4.69, 9.17) is 10.5 Å². The lowest BCUT2D eigenvalue weighted by molar-refractivity contribution is -0.0106. The number of anilines is 2. The van der Waals surface area contributed by atoms with Gasteiger partial charge < -0.3 is 20.5 Å². The number of hydrogen-bond acceptors (Lipinski definition) is 6. The highest BCUT2D eigenvalue weighted by Gasteiger charge is 2.28. The van der Waals surface area contributed by atoms with E-state index in [1.54, 1.807) is 0 Å². The monoisotopic (exact) mass is 252 g/mol. The van der Waals surface area contributed by atoms with Crippen LogP contribution in [0.5, 0.6) is 0 Å². The van der Waals surface area contributed by atoms with E-state index < -0.39 is 0 Å². The molecule has 0 aliphatic carbocycles. The molecule has 100 valence electrons. The molecule has 2 atom stereocenters. The van der Waals surface area contributed by atoms with Crippen LogP contribution in [0.15, 0.2) is 6.33 Å². The fourth-order valence-electron chi connectivity index (χ4n) is 2.23. The van der Waals surface area contributed by atoms with Gasteiger partial charge in [-0.1, -0.05) is 6.92 Å². The lowest BCUT2D eigenvalue weighted by atomic mass is 10.1. The third kappa shape index (κ3) is 2.39. The van der Waals surface area contributed by atoms with Gasteiger partial charge in [0.05, 0.1) is 25.4 Å². The first-order valence-corrected chi connectivity index (χ1v) is 6.25. The SMILES string of the molecule is CCc1c(N)ncnc1N1CC(CO)OCC1C. The van der Waals surface area contributed by atoms with E-state index in [-0.39, 0.29) is 18.8 Å². The Hall–Kier alpha value is -1.40. The van der Waals surface area contributed by atoms with Crippen LogP contribution in [0.2, 0.25) is 0 Å². The molecule has 0 saturated carbocycles. The normalized spacial score (nSPS) is 24.3. The third-order valence-corrected chi connectivity index (χ3v) is 3.29. The van der Waals surface area contributed by atoms with E-state index in [9.17, 15) is 5.11 Å². The zero-order chi connectivity index (χ0) is 13.1. The molecule has 1 fully saturated rings. The van der Waals surface area contributed by atoms with E-state index in [0.717, 1.165) is 17.8 Å². The summed E-state index contributed by atoms with van der Waals surface area (Å²) in [6, 6.07) is 0.215. The van der Waals surface area contributed by atoms with Gasteiger partial charge in [-0.25, -0.2) is 9.97 Å². The minimum Gasteiger partial charge on any atom is -0.394 e. The maximum Gasteiger partial charge on any atom is 0.137 e. The summed E-state index contributed by atoms with van der Waals surface area (Å²) in [6.07, 6.45) is 2.11. The summed E-state index contributed by atoms with van der Waals surface area (Å²) in [7, 11) is 0. The smallest absolute Gasteiger partial charge is 0.137 e. The Kier molecular flexibility index (Phi) is 3.98. The second-order valence-corrected chi connectivity index (χ2v) is 4.55. The summed E-state index contributed by atoms with van der Waals surface area (Å²) < 4.78 is 5.53. The molecule has 2 rings (SSSR count). The molecule has 0 spiro atoms. The number of nitrogens with zero attached hydrogens (tertiary/aromatic N) is 3. The molecule has 1 saturated heterocycles. The van der Waals surface area contributed by atoms with Gasteiger partial charge in [-0.3, -0.25) is 0 Å². The van der Waals surface area contributed by atoms with Crippen molar-refractivity contribution in [2.24, 2.45) is 0 Å². The summed E-state index contributed by atoms with van der Waals surface area (Å²) in [6.45, 7) is 5.34. The molecule has 0 bridgehead atoms. The molecular formula is C12H20N4O2. The number of hydrogen-bond donors (Lipinski definition) is 2. The Morgan fingerprint density at radius 2 is 2.33 bits per heavy atom. The van der Waals surface area contributed by atoms with E-state index in [0.29, 0.717) is 19.0 Å². The van der Waals surface area contributed by atoms with Crippen molar-refractivity contribution in [2.45, 2.75) is 32.4 Å². The van der Waals surface area contributed by atoms with Crippen molar-refractivity contribution in [1.29, 1.82) is 0 Å². The summed E-state index contributed by atoms with van der Waals surface area (Å²) in [5, 5.41) is 9.21. The minimum atomic E-state index is -0.165. The lowest BCUT2D eigenvalue weighted by Crippen LogP contribution is -2.50. The van der Waals surface area contributed by atoms with Crippen LogP contribution in [0.3, 0.4) is 0 Å². The predicted molar refractivity (Wildman–Crippen MR) is 69.5 cm³/mol. The number of ether oxygens (including phenoxy) is 1. The Morgan fingerprint density at radius 3 is 3.00 bits per heavy atom. The molecule has 6 nitrogen and oxygen atoms in total. The van der Waals surface area contributed by atoms with Crippen LogP contribution in [-0.4, -0.2) is 47.0 Å². The molecule has 1 aromatic heterocycles. The number of nitrogen functional groups attached to an aromatic ring is 1. The van der Waals surface area contributed by atoms with Gasteiger partial charge in [-0.15, -0.1) is 0 Å². The maximum absolute atomic E-state index is 9.21. The van der Waals surface area contributed by atoms with E-state index in [2.05, 4.69) is 21.8 Å². The second-order valence-electron chi connectivity index (χ2n) is 4.55. The highest BCUT2D eigenvalue weighted by Crippen LogP contribution is 2.26. The highest BCUT2D eigenvalue weighted by atomic mass is 16.5. The van der Waals surface area contributed by atoms with Crippen molar-refractivity contribution in [3.8, 4) is 0 Å². The lowest BCUT2D eigenvalue weighted by Gasteiger charge is -2.39. The number of aliphatic hydroxyl groups is 1. The van der Waals surface area contributed by atoms with Gasteiger partial charge >= 0.3 is 0 Å². The quantitative estimate of drug-likeness (QED) is 0.800. The van der Waals surface area contributed by atoms with Gasteiger partial charge in [-0.05, 0) is 13.3 Å². The molecule has 0 radical (unpaired) electrons. The van der Waals surface area contributed by atoms with Gasteiger partial charge in [0, 0.05) is 12.1 Å². The number of rotatable bonds is 3. The summed E-state index contributed by atoms with van der Waals surface area (Å²) in [5.74, 6) is 1.39. The van der Waals surface area contributed by atoms with Crippen LogP contribution in [-0.2, 0) is 11.2 Å². The molecule has 3 N–H and O–H groups in total. The molecule has 2 unspecified atom stereocenters. The van der Waals surface area contributed by atoms with Gasteiger partial charge in [0.15, 0.2) is 0 Å². The Labute approximate surface area is 107 Å². The van der Waals surface area contributed by atoms with Gasteiger partial charge in [-0.2, -0.15) is 0 Å². The van der Waals surface area contributed by atoms with Crippen LogP contribution in [0.4, 0.5) is 11.6 Å². The van der Waals surface area contributed by atoms with Crippen molar-refractivity contribution in [3.63, 3.8) is 0 Å². The molecule has 6 heteroatoms. The second kappa shape index (κ2) is 5.49. The fraction of sp³-hybridized carbons (Fsp3) is 0.667. The maximum atomic E-state index is 9.21. The van der Waals surface area contributed by atoms with Crippen molar-refractivity contribution >= 4 is 11.6 Å². The summed E-state index contributed by atoms with van der Waals surface area (Å²) in [5.41, 5.74) is 6.85. The van der Waals surface area contributed by atoms with Crippen LogP contribution in [0.25, 0.3) is 0 Å². The number of morpholine rings is 1. The average Bonchev–Trinajstić information content (AvgIpc) is 2.39. The Morgan fingerprint density at radius 1 is 1.56 bits per heavy atom. The first-order valence-electron chi connectivity index (χ1n) is 6.25. The Balaban J connectivity index is 2.31. The third-order valence-electron chi connectivity index (χ3n) is 3.29. The van der Waals surface area contributed by atoms with Gasteiger partial charge in [0.25, 0.3) is 0 Å². The largest absolute Gasteiger partial charge is 0.394 e. The van der Waals surface area contributed by atoms with Crippen LogP contribution in [0, 0.1) is 0 Å². The van der Waals surface area contributed by atoms with Crippen LogP contribution >= 0.6 is 0 Å². The molecule has 1 aromatic rings. The molecule has 18 heavy (non-hydrogen) atoms. The van der Waals surface area contributed by atoms with Crippen molar-refractivity contribution in [1.82, 2.24) is 9.97 Å². The molecule has 0 amide bonds. The Bertz CT molecular complexity index is 413. The zero-order valence-corrected chi connectivity index (χ0v) is 10.8. The highest BCUT2D eigenvalue weighted by molar-refractivity contribution is 5.57. The van der Waals surface area contributed by atoms with E-state index in [1.807, 2.05) is 6.92 Å². The predicted octanol–water partition coefficient (Wildman–Crippen LogP) is 0.207. The van der Waals surface area contributed by atoms with E-state index in [1.165, 1.54) is 6.33 Å². The number of aliphatic hydroxyl groups excluding tert-OH is 1. The van der Waals surface area contributed by atoms with Gasteiger partial charge in [0.1, 0.15) is 18.0 Å². The molecule has 2 heterocycles. The molecule has 0 aromatic carbocycles. The first kappa shape index (κ1) is 13.0. The van der Waals surface area contributed by atoms with Crippen LogP contribution < -0.4 is 10.6 Å². The average molecular weight is 252 g/mol. The van der Waals surface area contributed by atoms with Crippen molar-refractivity contribution in [3.05, 3.63) is 11.9 Å². The van der Waals surface area contributed by atoms with Gasteiger partial charge in [0.2, 0.25) is 0 Å². The summed E-state index contributed by atoms with van der Waals surface area (Å²) >= 11 is 0. The number of nitrogens with two attached hydrogens (primary N) is 1. The minimum absolute atomic E-state index is 0.0191. The summed E-state index contributed by atoms with van der Waals surface area (Å²) in [4.78, 5) is 10.5. The molecular weight excluding hydrogens is 232 g/mol. The van der Waals surface area contributed by atoms with Crippen LogP contribution in [0.1, 0.15) is 19.4 Å². The zero-order valence-electron chi connectivity index (χ0n) is 10.8. The van der Waals surface area contributed by atoms with Crippen molar-refractivity contribution < 1.29 is 9.84 Å². The first-order chi connectivity index (χ1) is 8.67.